The van der Waals surface area contributed by atoms with Crippen LogP contribution in [0.4, 0.5) is 5.69 Å². The molecule has 0 bridgehead atoms. The first kappa shape index (κ1) is 16.6. The van der Waals surface area contributed by atoms with Crippen LogP contribution >= 0.6 is 0 Å². The Morgan fingerprint density at radius 3 is 2.71 bits per heavy atom. The maximum Gasteiger partial charge on any atom is 0.224 e. The van der Waals surface area contributed by atoms with Crippen molar-refractivity contribution in [3.63, 3.8) is 0 Å². The number of hydrogen-bond donors (Lipinski definition) is 0. The molecule has 24 heavy (non-hydrogen) atoms. The predicted octanol–water partition coefficient (Wildman–Crippen LogP) is 2.63. The van der Waals surface area contributed by atoms with E-state index in [0.29, 0.717) is 13.0 Å². The van der Waals surface area contributed by atoms with E-state index in [0.717, 1.165) is 25.2 Å². The number of para-hydroxylation sites is 1. The van der Waals surface area contributed by atoms with Gasteiger partial charge in [0.2, 0.25) is 5.91 Å². The summed E-state index contributed by atoms with van der Waals surface area (Å²) in [5, 5.41) is 4.25. The molecule has 1 aliphatic rings. The van der Waals surface area contributed by atoms with Crippen molar-refractivity contribution in [3.8, 4) is 0 Å². The molecular weight excluding hydrogens is 300 g/mol. The van der Waals surface area contributed by atoms with Gasteiger partial charge < -0.3 is 9.80 Å². The van der Waals surface area contributed by atoms with Crippen molar-refractivity contribution < 1.29 is 4.79 Å². The van der Waals surface area contributed by atoms with E-state index in [1.165, 1.54) is 11.3 Å². The molecule has 1 atom stereocenters. The summed E-state index contributed by atoms with van der Waals surface area (Å²) in [7, 11) is 0. The minimum absolute atomic E-state index is 0.222. The molecule has 1 unspecified atom stereocenters. The number of rotatable bonds is 4. The average molecular weight is 326 g/mol. The lowest BCUT2D eigenvalue weighted by Gasteiger charge is -2.41. The Balaban J connectivity index is 1.57. The van der Waals surface area contributed by atoms with Crippen LogP contribution in [-0.4, -0.2) is 46.3 Å². The second kappa shape index (κ2) is 7.07. The van der Waals surface area contributed by atoms with Gasteiger partial charge in [-0.05, 0) is 38.0 Å². The first-order chi connectivity index (χ1) is 11.5. The maximum atomic E-state index is 12.6. The quantitative estimate of drug-likeness (QED) is 0.867. The summed E-state index contributed by atoms with van der Waals surface area (Å²) in [6.45, 7) is 9.51. The van der Waals surface area contributed by atoms with Crippen LogP contribution < -0.4 is 4.90 Å². The Kier molecular flexibility index (Phi) is 4.88. The summed E-state index contributed by atoms with van der Waals surface area (Å²) >= 11 is 0. The summed E-state index contributed by atoms with van der Waals surface area (Å²) in [4.78, 5) is 17.0. The number of anilines is 1. The first-order valence-electron chi connectivity index (χ1n) is 8.63. The molecule has 2 heterocycles. The molecule has 0 saturated carbocycles. The van der Waals surface area contributed by atoms with Crippen molar-refractivity contribution in [2.24, 2.45) is 0 Å². The molecule has 5 heteroatoms. The van der Waals surface area contributed by atoms with Crippen LogP contribution in [0.5, 0.6) is 0 Å². The van der Waals surface area contributed by atoms with E-state index in [-0.39, 0.29) is 11.9 Å². The highest BCUT2D eigenvalue weighted by molar-refractivity contribution is 5.77. The summed E-state index contributed by atoms with van der Waals surface area (Å²) < 4.78 is 1.85. The molecule has 2 aromatic rings. The van der Waals surface area contributed by atoms with Crippen LogP contribution in [0, 0.1) is 13.8 Å². The van der Waals surface area contributed by atoms with Crippen LogP contribution in [0.25, 0.3) is 0 Å². The highest BCUT2D eigenvalue weighted by Gasteiger charge is 2.27. The number of aromatic nitrogens is 2. The third-order valence-electron chi connectivity index (χ3n) is 4.72. The predicted molar refractivity (Wildman–Crippen MR) is 96.1 cm³/mol. The molecule has 1 amide bonds. The standard InChI is InChI=1S/C19H26N4O/c1-15-12-20-22(13-15)9-8-19(24)23-11-10-21(14-17(23)3)18-7-5-4-6-16(18)2/h4-7,12-13,17H,8-11,14H2,1-3H3. The molecule has 0 N–H and O–H groups in total. The van der Waals surface area contributed by atoms with Gasteiger partial charge in [-0.2, -0.15) is 5.10 Å². The number of piperazine rings is 1. The molecule has 0 radical (unpaired) electrons. The fourth-order valence-corrected chi connectivity index (χ4v) is 3.41. The minimum Gasteiger partial charge on any atom is -0.367 e. The Hall–Kier alpha value is -2.30. The topological polar surface area (TPSA) is 41.4 Å². The number of aryl methyl sites for hydroxylation is 3. The third-order valence-corrected chi connectivity index (χ3v) is 4.72. The van der Waals surface area contributed by atoms with Crippen LogP contribution in [0.1, 0.15) is 24.5 Å². The first-order valence-corrected chi connectivity index (χ1v) is 8.63. The van der Waals surface area contributed by atoms with Crippen LogP contribution in [-0.2, 0) is 11.3 Å². The van der Waals surface area contributed by atoms with E-state index in [1.54, 1.807) is 0 Å². The number of nitrogens with zero attached hydrogens (tertiary/aromatic N) is 4. The number of amides is 1. The molecule has 1 saturated heterocycles. The molecular formula is C19H26N4O. The lowest BCUT2D eigenvalue weighted by molar-refractivity contribution is -0.133. The van der Waals surface area contributed by atoms with Crippen molar-refractivity contribution in [3.05, 3.63) is 47.8 Å². The van der Waals surface area contributed by atoms with Gasteiger partial charge >= 0.3 is 0 Å². The molecule has 3 rings (SSSR count). The molecule has 1 aromatic heterocycles. The van der Waals surface area contributed by atoms with Crippen LogP contribution in [0.15, 0.2) is 36.7 Å². The summed E-state index contributed by atoms with van der Waals surface area (Å²) in [5.41, 5.74) is 3.70. The molecule has 1 aliphatic heterocycles. The van der Waals surface area contributed by atoms with Gasteiger partial charge in [-0.1, -0.05) is 18.2 Å². The minimum atomic E-state index is 0.222. The van der Waals surface area contributed by atoms with E-state index in [9.17, 15) is 4.79 Å². The lowest BCUT2D eigenvalue weighted by Crippen LogP contribution is -2.54. The smallest absolute Gasteiger partial charge is 0.224 e. The maximum absolute atomic E-state index is 12.6. The summed E-state index contributed by atoms with van der Waals surface area (Å²) in [6, 6.07) is 8.68. The normalized spacial score (nSPS) is 18.0. The van der Waals surface area contributed by atoms with Gasteiger partial charge in [0, 0.05) is 50.5 Å². The van der Waals surface area contributed by atoms with Crippen molar-refractivity contribution in [1.82, 2.24) is 14.7 Å². The Morgan fingerprint density at radius 2 is 2.04 bits per heavy atom. The van der Waals surface area contributed by atoms with Gasteiger partial charge in [-0.3, -0.25) is 9.48 Å². The Labute approximate surface area is 143 Å². The molecule has 128 valence electrons. The SMILES string of the molecule is Cc1cnn(CCC(=O)N2CCN(c3ccccc3C)CC2C)c1. The van der Waals surface area contributed by atoms with Gasteiger partial charge in [-0.15, -0.1) is 0 Å². The van der Waals surface area contributed by atoms with E-state index in [2.05, 4.69) is 48.1 Å². The number of hydrogen-bond acceptors (Lipinski definition) is 3. The van der Waals surface area contributed by atoms with Crippen molar-refractivity contribution in [2.75, 3.05) is 24.5 Å². The zero-order valence-electron chi connectivity index (χ0n) is 14.8. The Bertz CT molecular complexity index is 709. The number of carbonyl (C=O) groups excluding carboxylic acids is 1. The van der Waals surface area contributed by atoms with Crippen LogP contribution in [0.3, 0.4) is 0 Å². The van der Waals surface area contributed by atoms with E-state index in [4.69, 9.17) is 0 Å². The van der Waals surface area contributed by atoms with Gasteiger partial charge in [0.1, 0.15) is 0 Å². The largest absolute Gasteiger partial charge is 0.367 e. The fraction of sp³-hybridized carbons (Fsp3) is 0.474. The fourth-order valence-electron chi connectivity index (χ4n) is 3.41. The van der Waals surface area contributed by atoms with Crippen molar-refractivity contribution in [1.29, 1.82) is 0 Å². The van der Waals surface area contributed by atoms with E-state index >= 15 is 0 Å². The van der Waals surface area contributed by atoms with Gasteiger partial charge in [0.15, 0.2) is 0 Å². The lowest BCUT2D eigenvalue weighted by atomic mass is 10.1. The number of carbonyl (C=O) groups is 1. The van der Waals surface area contributed by atoms with E-state index in [1.807, 2.05) is 28.9 Å². The zero-order valence-corrected chi connectivity index (χ0v) is 14.8. The Morgan fingerprint density at radius 1 is 1.25 bits per heavy atom. The van der Waals surface area contributed by atoms with Crippen LogP contribution in [0.2, 0.25) is 0 Å². The monoisotopic (exact) mass is 326 g/mol. The molecule has 0 spiro atoms. The second-order valence-corrected chi connectivity index (χ2v) is 6.70. The average Bonchev–Trinajstić information content (AvgIpc) is 2.98. The van der Waals surface area contributed by atoms with E-state index < -0.39 is 0 Å². The highest BCUT2D eigenvalue weighted by Crippen LogP contribution is 2.23. The van der Waals surface area contributed by atoms with Crippen molar-refractivity contribution >= 4 is 11.6 Å². The zero-order chi connectivity index (χ0) is 17.1. The van der Waals surface area contributed by atoms with Gasteiger partial charge in [-0.25, -0.2) is 0 Å². The second-order valence-electron chi connectivity index (χ2n) is 6.70. The highest BCUT2D eigenvalue weighted by atomic mass is 16.2. The summed E-state index contributed by atoms with van der Waals surface area (Å²) in [6.07, 6.45) is 4.32. The molecule has 5 nitrogen and oxygen atoms in total. The molecule has 1 fully saturated rings. The third kappa shape index (κ3) is 3.61. The molecule has 0 aliphatic carbocycles. The molecule has 1 aromatic carbocycles. The van der Waals surface area contributed by atoms with Gasteiger partial charge in [0.05, 0.1) is 6.20 Å². The van der Waals surface area contributed by atoms with Crippen molar-refractivity contribution in [2.45, 2.75) is 39.8 Å². The number of benzene rings is 1. The summed E-state index contributed by atoms with van der Waals surface area (Å²) in [5.74, 6) is 0.222. The van der Waals surface area contributed by atoms with Gasteiger partial charge in [0.25, 0.3) is 0 Å².